The Morgan fingerprint density at radius 1 is 1.29 bits per heavy atom. The molecule has 1 fully saturated rings. The predicted molar refractivity (Wildman–Crippen MR) is 94.5 cm³/mol. The molecule has 0 bridgehead atoms. The minimum absolute atomic E-state index is 0.0963. The fourth-order valence-electron chi connectivity index (χ4n) is 3.11. The predicted octanol–water partition coefficient (Wildman–Crippen LogP) is 3.45. The number of hydrogen-bond donors (Lipinski definition) is 2. The molecule has 0 atom stereocenters. The number of carbonyl (C=O) groups is 1. The summed E-state index contributed by atoms with van der Waals surface area (Å²) in [7, 11) is 0. The molecule has 1 saturated carbocycles. The molecule has 1 amide bonds. The molecule has 0 unspecified atom stereocenters. The summed E-state index contributed by atoms with van der Waals surface area (Å²) < 4.78 is 7.50. The Labute approximate surface area is 142 Å². The molecule has 0 spiro atoms. The van der Waals surface area contributed by atoms with E-state index >= 15 is 0 Å². The van der Waals surface area contributed by atoms with Crippen LogP contribution in [0.5, 0.6) is 5.75 Å². The quantitative estimate of drug-likeness (QED) is 0.817. The molecule has 2 N–H and O–H groups in total. The van der Waals surface area contributed by atoms with Crippen LogP contribution in [0, 0.1) is 0 Å². The van der Waals surface area contributed by atoms with Gasteiger partial charge < -0.3 is 15.4 Å². The van der Waals surface area contributed by atoms with Crippen LogP contribution in [-0.4, -0.2) is 28.8 Å². The number of benzene rings is 1. The van der Waals surface area contributed by atoms with Crippen LogP contribution < -0.4 is 15.4 Å². The van der Waals surface area contributed by atoms with Crippen molar-refractivity contribution in [2.75, 3.05) is 23.8 Å². The Balaban J connectivity index is 1.58. The van der Waals surface area contributed by atoms with E-state index in [-0.39, 0.29) is 12.5 Å². The third-order valence-electron chi connectivity index (χ3n) is 4.23. The number of hydrogen-bond acceptors (Lipinski definition) is 4. The highest BCUT2D eigenvalue weighted by atomic mass is 16.5. The lowest BCUT2D eigenvalue weighted by atomic mass is 10.2. The van der Waals surface area contributed by atoms with E-state index < -0.39 is 0 Å². The number of anilines is 2. The molecule has 3 rings (SSSR count). The second-order valence-electron chi connectivity index (χ2n) is 5.93. The molecule has 6 nitrogen and oxygen atoms in total. The molecule has 1 aromatic heterocycles. The molecule has 0 aliphatic heterocycles. The molecule has 24 heavy (non-hydrogen) atoms. The fourth-order valence-corrected chi connectivity index (χ4v) is 3.11. The highest BCUT2D eigenvalue weighted by Crippen LogP contribution is 2.31. The number of aromatic nitrogens is 2. The van der Waals surface area contributed by atoms with Gasteiger partial charge in [0, 0.05) is 6.07 Å². The van der Waals surface area contributed by atoms with Gasteiger partial charge in [0.2, 0.25) is 5.91 Å². The van der Waals surface area contributed by atoms with Crippen molar-refractivity contribution in [2.24, 2.45) is 0 Å². The van der Waals surface area contributed by atoms with Crippen LogP contribution in [0.1, 0.15) is 38.6 Å². The molecule has 2 aromatic rings. The standard InChI is InChI=1S/C18H24N4O2/c1-2-24-16-10-6-5-9-15(16)19-13-18(23)21-17-11-12-20-22(17)14-7-3-4-8-14/h5-6,9-12,14,19H,2-4,7-8,13H2,1H3,(H,21,23). The van der Waals surface area contributed by atoms with E-state index in [1.807, 2.05) is 41.9 Å². The zero-order valence-electron chi connectivity index (χ0n) is 14.0. The molecule has 1 aromatic carbocycles. The first kappa shape index (κ1) is 16.4. The number of ether oxygens (including phenoxy) is 1. The highest BCUT2D eigenvalue weighted by molar-refractivity contribution is 5.93. The summed E-state index contributed by atoms with van der Waals surface area (Å²) in [6.07, 6.45) is 6.46. The maximum atomic E-state index is 12.3. The number of amides is 1. The zero-order chi connectivity index (χ0) is 16.8. The van der Waals surface area contributed by atoms with Gasteiger partial charge in [0.15, 0.2) is 0 Å². The molecular formula is C18H24N4O2. The number of nitrogens with one attached hydrogen (secondary N) is 2. The van der Waals surface area contributed by atoms with Crippen LogP contribution in [0.2, 0.25) is 0 Å². The Hall–Kier alpha value is -2.50. The van der Waals surface area contributed by atoms with E-state index in [0.717, 1.165) is 30.1 Å². The van der Waals surface area contributed by atoms with Gasteiger partial charge in [-0.05, 0) is 31.9 Å². The van der Waals surface area contributed by atoms with E-state index in [0.29, 0.717) is 12.6 Å². The van der Waals surface area contributed by atoms with Crippen molar-refractivity contribution in [3.63, 3.8) is 0 Å². The van der Waals surface area contributed by atoms with Crippen molar-refractivity contribution < 1.29 is 9.53 Å². The Morgan fingerprint density at radius 3 is 2.88 bits per heavy atom. The van der Waals surface area contributed by atoms with E-state index in [9.17, 15) is 4.79 Å². The molecule has 6 heteroatoms. The van der Waals surface area contributed by atoms with Crippen molar-refractivity contribution in [1.82, 2.24) is 9.78 Å². The summed E-state index contributed by atoms with van der Waals surface area (Å²) in [6.45, 7) is 2.71. The van der Waals surface area contributed by atoms with Crippen LogP contribution in [0.4, 0.5) is 11.5 Å². The third kappa shape index (κ3) is 3.88. The fraction of sp³-hybridized carbons (Fsp3) is 0.444. The summed E-state index contributed by atoms with van der Waals surface area (Å²) in [6, 6.07) is 9.88. The first-order chi connectivity index (χ1) is 11.8. The molecule has 1 aliphatic carbocycles. The number of carbonyl (C=O) groups excluding carboxylic acids is 1. The van der Waals surface area contributed by atoms with E-state index in [1.54, 1.807) is 6.20 Å². The van der Waals surface area contributed by atoms with Gasteiger partial charge in [0.1, 0.15) is 11.6 Å². The number of nitrogens with zero attached hydrogens (tertiary/aromatic N) is 2. The highest BCUT2D eigenvalue weighted by Gasteiger charge is 2.20. The smallest absolute Gasteiger partial charge is 0.244 e. The maximum absolute atomic E-state index is 12.3. The molecule has 0 saturated heterocycles. The summed E-state index contributed by atoms with van der Waals surface area (Å²) in [5.74, 6) is 1.43. The van der Waals surface area contributed by atoms with Gasteiger partial charge in [0.25, 0.3) is 0 Å². The Bertz CT molecular complexity index is 677. The van der Waals surface area contributed by atoms with Crippen LogP contribution in [0.3, 0.4) is 0 Å². The van der Waals surface area contributed by atoms with Gasteiger partial charge >= 0.3 is 0 Å². The topological polar surface area (TPSA) is 68.2 Å². The molecule has 0 radical (unpaired) electrons. The second-order valence-corrected chi connectivity index (χ2v) is 5.93. The summed E-state index contributed by atoms with van der Waals surface area (Å²) in [5, 5.41) is 10.4. The average molecular weight is 328 g/mol. The molecular weight excluding hydrogens is 304 g/mol. The number of para-hydroxylation sites is 2. The van der Waals surface area contributed by atoms with Gasteiger partial charge in [-0.15, -0.1) is 0 Å². The van der Waals surface area contributed by atoms with E-state index in [4.69, 9.17) is 4.74 Å². The lowest BCUT2D eigenvalue weighted by Crippen LogP contribution is -2.24. The second kappa shape index (κ2) is 7.86. The Morgan fingerprint density at radius 2 is 2.08 bits per heavy atom. The first-order valence-corrected chi connectivity index (χ1v) is 8.57. The molecule has 128 valence electrons. The Kier molecular flexibility index (Phi) is 5.36. The number of rotatable bonds is 7. The summed E-state index contributed by atoms with van der Waals surface area (Å²) >= 11 is 0. The van der Waals surface area contributed by atoms with Crippen molar-refractivity contribution in [1.29, 1.82) is 0 Å². The minimum Gasteiger partial charge on any atom is -0.492 e. The lowest BCUT2D eigenvalue weighted by molar-refractivity contribution is -0.114. The zero-order valence-corrected chi connectivity index (χ0v) is 14.0. The SMILES string of the molecule is CCOc1ccccc1NCC(=O)Nc1ccnn1C1CCCC1. The molecule has 1 aliphatic rings. The van der Waals surface area contributed by atoms with Gasteiger partial charge in [-0.25, -0.2) is 4.68 Å². The van der Waals surface area contributed by atoms with Crippen molar-refractivity contribution in [3.05, 3.63) is 36.5 Å². The van der Waals surface area contributed by atoms with Crippen molar-refractivity contribution in [2.45, 2.75) is 38.6 Å². The largest absolute Gasteiger partial charge is 0.492 e. The van der Waals surface area contributed by atoms with Crippen molar-refractivity contribution >= 4 is 17.4 Å². The van der Waals surface area contributed by atoms with Crippen LogP contribution >= 0.6 is 0 Å². The summed E-state index contributed by atoms with van der Waals surface area (Å²) in [5.41, 5.74) is 0.818. The summed E-state index contributed by atoms with van der Waals surface area (Å²) in [4.78, 5) is 12.3. The average Bonchev–Trinajstić information content (AvgIpc) is 3.25. The monoisotopic (exact) mass is 328 g/mol. The van der Waals surface area contributed by atoms with E-state index in [2.05, 4.69) is 15.7 Å². The van der Waals surface area contributed by atoms with Crippen molar-refractivity contribution in [3.8, 4) is 5.75 Å². The first-order valence-electron chi connectivity index (χ1n) is 8.57. The maximum Gasteiger partial charge on any atom is 0.244 e. The van der Waals surface area contributed by atoms with Gasteiger partial charge in [-0.2, -0.15) is 5.10 Å². The van der Waals surface area contributed by atoms with Gasteiger partial charge in [-0.1, -0.05) is 25.0 Å². The molecule has 1 heterocycles. The lowest BCUT2D eigenvalue weighted by Gasteiger charge is -2.15. The van der Waals surface area contributed by atoms with Crippen LogP contribution in [-0.2, 0) is 4.79 Å². The normalized spacial score (nSPS) is 14.5. The van der Waals surface area contributed by atoms with Gasteiger partial charge in [-0.3, -0.25) is 4.79 Å². The third-order valence-corrected chi connectivity index (χ3v) is 4.23. The van der Waals surface area contributed by atoms with E-state index in [1.165, 1.54) is 12.8 Å². The van der Waals surface area contributed by atoms with Crippen LogP contribution in [0.15, 0.2) is 36.5 Å². The van der Waals surface area contributed by atoms with Crippen LogP contribution in [0.25, 0.3) is 0 Å². The van der Waals surface area contributed by atoms with Gasteiger partial charge in [0.05, 0.1) is 31.1 Å². The minimum atomic E-state index is -0.0963.